The molecule has 2 aromatic carbocycles. The number of alkyl halides is 3. The molecule has 0 spiro atoms. The lowest BCUT2D eigenvalue weighted by atomic mass is 9.99. The van der Waals surface area contributed by atoms with Crippen molar-refractivity contribution >= 4 is 11.7 Å². The number of benzene rings is 2. The van der Waals surface area contributed by atoms with Crippen LogP contribution in [-0.4, -0.2) is 29.0 Å². The molecule has 0 bridgehead atoms. The molecular formula is C19H23F3N6O2. The lowest BCUT2D eigenvalue weighted by molar-refractivity contribution is -0.137. The fourth-order valence-electron chi connectivity index (χ4n) is 2.82. The van der Waals surface area contributed by atoms with Gasteiger partial charge in [-0.3, -0.25) is 4.79 Å². The number of aliphatic hydroxyl groups excluding tert-OH is 1. The van der Waals surface area contributed by atoms with Crippen LogP contribution in [0.2, 0.25) is 0 Å². The van der Waals surface area contributed by atoms with Crippen molar-refractivity contribution < 1.29 is 23.1 Å². The number of hydrazine groups is 1. The molecule has 0 aliphatic carbocycles. The minimum absolute atomic E-state index is 0.00385. The van der Waals surface area contributed by atoms with E-state index < -0.39 is 35.8 Å². The largest absolute Gasteiger partial charge is 0.416 e. The third kappa shape index (κ3) is 5.92. The van der Waals surface area contributed by atoms with Gasteiger partial charge in [-0.1, -0.05) is 42.5 Å². The number of nitrogens with one attached hydrogen (secondary N) is 2. The van der Waals surface area contributed by atoms with Crippen LogP contribution < -0.4 is 28.2 Å². The molecule has 8 nitrogen and oxygen atoms in total. The Labute approximate surface area is 170 Å². The van der Waals surface area contributed by atoms with E-state index in [0.717, 1.165) is 17.7 Å². The maximum atomic E-state index is 13.1. The predicted octanol–water partition coefficient (Wildman–Crippen LogP) is 0.529. The molecule has 9 N–H and O–H groups in total. The Balaban J connectivity index is 2.23. The summed E-state index contributed by atoms with van der Waals surface area (Å²) in [5.74, 6) is 9.45. The van der Waals surface area contributed by atoms with Gasteiger partial charge in [-0.2, -0.15) is 18.3 Å². The van der Waals surface area contributed by atoms with Crippen LogP contribution >= 0.6 is 0 Å². The second kappa shape index (κ2) is 10.1. The first-order valence-electron chi connectivity index (χ1n) is 8.86. The quantitative estimate of drug-likeness (QED) is 0.165. The van der Waals surface area contributed by atoms with E-state index in [1.54, 1.807) is 24.3 Å². The van der Waals surface area contributed by atoms with Crippen LogP contribution in [0.15, 0.2) is 59.7 Å². The van der Waals surface area contributed by atoms with Gasteiger partial charge in [0.2, 0.25) is 0 Å². The van der Waals surface area contributed by atoms with E-state index in [1.165, 1.54) is 12.1 Å². The fourth-order valence-corrected chi connectivity index (χ4v) is 2.82. The highest BCUT2D eigenvalue weighted by molar-refractivity contribution is 5.93. The molecule has 1 amide bonds. The average Bonchev–Trinajstić information content (AvgIpc) is 2.73. The Hall–Kier alpha value is -3.15. The SMILES string of the molecule is N/N=C(\NN)C(NC(=O)[C@@H](O)C(N)Cc1ccccc1)c1cccc(C(F)(F)F)c1. The van der Waals surface area contributed by atoms with Crippen molar-refractivity contribution in [3.63, 3.8) is 0 Å². The Bertz CT molecular complexity index is 876. The van der Waals surface area contributed by atoms with Gasteiger partial charge in [0.1, 0.15) is 12.1 Å². The van der Waals surface area contributed by atoms with Gasteiger partial charge in [0.05, 0.1) is 5.56 Å². The monoisotopic (exact) mass is 424 g/mol. The van der Waals surface area contributed by atoms with Gasteiger partial charge < -0.3 is 27.4 Å². The smallest absolute Gasteiger partial charge is 0.382 e. The fraction of sp³-hybridized carbons (Fsp3) is 0.263. The zero-order chi connectivity index (χ0) is 22.3. The van der Waals surface area contributed by atoms with Crippen LogP contribution in [0.1, 0.15) is 22.7 Å². The van der Waals surface area contributed by atoms with E-state index in [4.69, 9.17) is 17.4 Å². The molecule has 0 saturated carbocycles. The number of nitrogens with two attached hydrogens (primary N) is 3. The minimum Gasteiger partial charge on any atom is -0.382 e. The van der Waals surface area contributed by atoms with E-state index >= 15 is 0 Å². The summed E-state index contributed by atoms with van der Waals surface area (Å²) in [6.07, 6.45) is -6.04. The van der Waals surface area contributed by atoms with E-state index in [9.17, 15) is 23.1 Å². The van der Waals surface area contributed by atoms with Gasteiger partial charge in [-0.05, 0) is 29.7 Å². The van der Waals surface area contributed by atoms with Crippen LogP contribution in [0.5, 0.6) is 0 Å². The van der Waals surface area contributed by atoms with Crippen molar-refractivity contribution in [3.8, 4) is 0 Å². The van der Waals surface area contributed by atoms with Crippen molar-refractivity contribution in [2.45, 2.75) is 30.8 Å². The summed E-state index contributed by atoms with van der Waals surface area (Å²) in [7, 11) is 0. The van der Waals surface area contributed by atoms with E-state index in [2.05, 4.69) is 15.8 Å². The Morgan fingerprint density at radius 3 is 2.37 bits per heavy atom. The summed E-state index contributed by atoms with van der Waals surface area (Å²) in [4.78, 5) is 12.5. The summed E-state index contributed by atoms with van der Waals surface area (Å²) >= 11 is 0. The standard InChI is InChI=1S/C19H23F3N6O2/c20-19(21,22)13-8-4-7-12(10-13)15(17(27-24)28-25)26-18(30)16(29)14(23)9-11-5-2-1-3-6-11/h1-8,10,14-16,29H,9,23-25H2,(H,26,30)(H,27,28)/t14?,15?,16-/m0/s1. The predicted molar refractivity (Wildman–Crippen MR) is 105 cm³/mol. The number of carbonyl (C=O) groups is 1. The molecule has 11 heteroatoms. The first kappa shape index (κ1) is 23.1. The molecule has 3 atom stereocenters. The van der Waals surface area contributed by atoms with Gasteiger partial charge in [-0.25, -0.2) is 5.84 Å². The highest BCUT2D eigenvalue weighted by Gasteiger charge is 2.33. The zero-order valence-corrected chi connectivity index (χ0v) is 15.8. The number of halogens is 3. The first-order valence-corrected chi connectivity index (χ1v) is 8.86. The Morgan fingerprint density at radius 1 is 1.13 bits per heavy atom. The van der Waals surface area contributed by atoms with Gasteiger partial charge >= 0.3 is 6.18 Å². The van der Waals surface area contributed by atoms with Gasteiger partial charge in [0, 0.05) is 6.04 Å². The molecule has 0 aliphatic rings. The summed E-state index contributed by atoms with van der Waals surface area (Å²) in [5, 5.41) is 16.1. The molecule has 2 rings (SSSR count). The minimum atomic E-state index is -4.60. The van der Waals surface area contributed by atoms with Crippen LogP contribution in [0.4, 0.5) is 13.2 Å². The maximum Gasteiger partial charge on any atom is 0.416 e. The summed E-state index contributed by atoms with van der Waals surface area (Å²) < 4.78 is 39.2. The van der Waals surface area contributed by atoms with E-state index in [1.807, 2.05) is 6.07 Å². The van der Waals surface area contributed by atoms with Crippen LogP contribution in [0.3, 0.4) is 0 Å². The third-order valence-corrected chi connectivity index (χ3v) is 4.38. The molecule has 2 aromatic rings. The van der Waals surface area contributed by atoms with Crippen LogP contribution in [-0.2, 0) is 17.4 Å². The molecule has 30 heavy (non-hydrogen) atoms. The number of hydrogen-bond donors (Lipinski definition) is 6. The molecule has 0 saturated heterocycles. The topological polar surface area (TPSA) is 152 Å². The number of carbonyl (C=O) groups excluding carboxylic acids is 1. The lowest BCUT2D eigenvalue weighted by Gasteiger charge is -2.24. The number of rotatable bonds is 7. The number of nitrogens with zero attached hydrogens (tertiary/aromatic N) is 1. The number of amides is 1. The molecule has 0 fully saturated rings. The van der Waals surface area contributed by atoms with Gasteiger partial charge in [0.25, 0.3) is 5.91 Å². The van der Waals surface area contributed by atoms with Crippen molar-refractivity contribution in [1.82, 2.24) is 10.7 Å². The highest BCUT2D eigenvalue weighted by atomic mass is 19.4. The summed E-state index contributed by atoms with van der Waals surface area (Å²) in [5.41, 5.74) is 7.94. The zero-order valence-electron chi connectivity index (χ0n) is 15.8. The van der Waals surface area contributed by atoms with Crippen molar-refractivity contribution in [2.75, 3.05) is 0 Å². The molecule has 0 radical (unpaired) electrons. The second-order valence-corrected chi connectivity index (χ2v) is 6.52. The number of amidine groups is 1. The van der Waals surface area contributed by atoms with E-state index in [-0.39, 0.29) is 17.8 Å². The molecule has 162 valence electrons. The number of aliphatic hydroxyl groups is 1. The Kier molecular flexibility index (Phi) is 7.75. The summed E-state index contributed by atoms with van der Waals surface area (Å²) in [6, 6.07) is 10.9. The molecule has 0 heterocycles. The van der Waals surface area contributed by atoms with Crippen molar-refractivity contribution in [1.29, 1.82) is 0 Å². The van der Waals surface area contributed by atoms with Crippen LogP contribution in [0.25, 0.3) is 0 Å². The molecule has 0 aliphatic heterocycles. The van der Waals surface area contributed by atoms with Gasteiger partial charge in [-0.15, -0.1) is 0 Å². The molecular weight excluding hydrogens is 401 g/mol. The number of hydrogen-bond acceptors (Lipinski definition) is 6. The second-order valence-electron chi connectivity index (χ2n) is 6.52. The summed E-state index contributed by atoms with van der Waals surface area (Å²) in [6.45, 7) is 0. The third-order valence-electron chi connectivity index (χ3n) is 4.38. The van der Waals surface area contributed by atoms with Crippen molar-refractivity contribution in [2.24, 2.45) is 22.5 Å². The van der Waals surface area contributed by atoms with Gasteiger partial charge in [0.15, 0.2) is 5.84 Å². The molecule has 0 aromatic heterocycles. The van der Waals surface area contributed by atoms with E-state index in [0.29, 0.717) is 0 Å². The number of hydrazone groups is 1. The first-order chi connectivity index (χ1) is 14.2. The molecule has 2 unspecified atom stereocenters. The highest BCUT2D eigenvalue weighted by Crippen LogP contribution is 2.31. The van der Waals surface area contributed by atoms with Crippen molar-refractivity contribution in [3.05, 3.63) is 71.3 Å². The maximum absolute atomic E-state index is 13.1. The lowest BCUT2D eigenvalue weighted by Crippen LogP contribution is -2.51. The van der Waals surface area contributed by atoms with Crippen LogP contribution in [0, 0.1) is 0 Å². The normalized spacial score (nSPS) is 15.2. The average molecular weight is 424 g/mol. The Morgan fingerprint density at radius 2 is 1.80 bits per heavy atom.